The number of fused-ring (bicyclic) bond motifs is 1. The summed E-state index contributed by atoms with van der Waals surface area (Å²) >= 11 is 0. The number of carbonyl (C=O) groups excluding carboxylic acids is 1. The normalized spacial score (nSPS) is 18.2. The summed E-state index contributed by atoms with van der Waals surface area (Å²) in [6.45, 7) is 0.665. The first-order chi connectivity index (χ1) is 13.3. The number of likely N-dealkylation sites (tertiary alicyclic amines) is 1. The summed E-state index contributed by atoms with van der Waals surface area (Å²) in [4.78, 5) is 14.5. The van der Waals surface area contributed by atoms with E-state index < -0.39 is 23.5 Å². The highest BCUT2D eigenvalue weighted by molar-refractivity contribution is 5.94. The summed E-state index contributed by atoms with van der Waals surface area (Å²) in [5, 5.41) is 7.14. The predicted octanol–water partition coefficient (Wildman–Crippen LogP) is 4.47. The van der Waals surface area contributed by atoms with Crippen LogP contribution in [0.15, 0.2) is 18.2 Å². The molecule has 1 N–H and O–H groups in total. The van der Waals surface area contributed by atoms with Crippen molar-refractivity contribution in [2.24, 2.45) is 0 Å². The third-order valence-corrected chi connectivity index (χ3v) is 5.80. The van der Waals surface area contributed by atoms with Crippen molar-refractivity contribution in [1.29, 1.82) is 0 Å². The van der Waals surface area contributed by atoms with Crippen molar-refractivity contribution in [3.8, 4) is 0 Å². The van der Waals surface area contributed by atoms with Crippen molar-refractivity contribution in [3.63, 3.8) is 0 Å². The molecule has 1 fully saturated rings. The number of aromatic amines is 1. The van der Waals surface area contributed by atoms with E-state index in [-0.39, 0.29) is 11.5 Å². The summed E-state index contributed by atoms with van der Waals surface area (Å²) < 4.78 is 53.5. The Morgan fingerprint density at radius 1 is 1.14 bits per heavy atom. The molecule has 150 valence electrons. The van der Waals surface area contributed by atoms with Gasteiger partial charge in [-0.15, -0.1) is 0 Å². The van der Waals surface area contributed by atoms with E-state index in [1.165, 1.54) is 0 Å². The van der Waals surface area contributed by atoms with E-state index in [0.29, 0.717) is 31.6 Å². The number of alkyl halides is 3. The molecule has 0 radical (unpaired) electrons. The highest BCUT2D eigenvalue weighted by Crippen LogP contribution is 2.39. The molecule has 0 unspecified atom stereocenters. The molecule has 2 heterocycles. The van der Waals surface area contributed by atoms with Gasteiger partial charge in [0.25, 0.3) is 5.91 Å². The molecule has 4 rings (SSSR count). The summed E-state index contributed by atoms with van der Waals surface area (Å²) in [5.41, 5.74) is 1.62. The van der Waals surface area contributed by atoms with Gasteiger partial charge in [-0.3, -0.25) is 9.89 Å². The van der Waals surface area contributed by atoms with Crippen LogP contribution >= 0.6 is 0 Å². The Balaban J connectivity index is 1.49. The van der Waals surface area contributed by atoms with Crippen LogP contribution in [0.25, 0.3) is 0 Å². The number of aromatic nitrogens is 2. The predicted molar refractivity (Wildman–Crippen MR) is 94.5 cm³/mol. The molecule has 0 atom stereocenters. The molecule has 0 bridgehead atoms. The number of H-pyrrole nitrogens is 1. The summed E-state index contributed by atoms with van der Waals surface area (Å²) in [7, 11) is 0. The summed E-state index contributed by atoms with van der Waals surface area (Å²) in [5.74, 6) is -1.28. The molecular formula is C20H21F4N3O. The standard InChI is InChI=1S/C20H21F4N3O/c21-13-5-6-16(20(22,23)24)15(11-13)12-7-9-27(10-8-12)19(28)18-14-3-1-2-4-17(14)25-26-18/h5-6,11-12H,1-4,7-10H2,(H,25,26). The second-order valence-corrected chi connectivity index (χ2v) is 7.53. The number of piperidine rings is 1. The number of hydrogen-bond acceptors (Lipinski definition) is 2. The van der Waals surface area contributed by atoms with Gasteiger partial charge in [-0.1, -0.05) is 0 Å². The van der Waals surface area contributed by atoms with Crippen LogP contribution in [0.5, 0.6) is 0 Å². The fourth-order valence-electron chi connectivity index (χ4n) is 4.33. The molecule has 1 aliphatic carbocycles. The van der Waals surface area contributed by atoms with Gasteiger partial charge in [-0.05, 0) is 68.2 Å². The summed E-state index contributed by atoms with van der Waals surface area (Å²) in [6.07, 6.45) is 0.0109. The number of benzene rings is 1. The lowest BCUT2D eigenvalue weighted by Crippen LogP contribution is -2.39. The average Bonchev–Trinajstić information content (AvgIpc) is 3.10. The molecule has 1 aromatic carbocycles. The number of amides is 1. The van der Waals surface area contributed by atoms with E-state index >= 15 is 0 Å². The Kier molecular flexibility index (Phi) is 4.89. The van der Waals surface area contributed by atoms with E-state index in [1.807, 2.05) is 0 Å². The lowest BCUT2D eigenvalue weighted by molar-refractivity contribution is -0.138. The fraction of sp³-hybridized carbons (Fsp3) is 0.500. The van der Waals surface area contributed by atoms with Crippen molar-refractivity contribution in [2.75, 3.05) is 13.1 Å². The van der Waals surface area contributed by atoms with E-state index in [2.05, 4.69) is 10.2 Å². The van der Waals surface area contributed by atoms with Crippen LogP contribution in [0.4, 0.5) is 17.6 Å². The highest BCUT2D eigenvalue weighted by atomic mass is 19.4. The molecule has 1 aliphatic heterocycles. The van der Waals surface area contributed by atoms with Gasteiger partial charge < -0.3 is 4.90 Å². The maximum Gasteiger partial charge on any atom is 0.416 e. The van der Waals surface area contributed by atoms with E-state index in [4.69, 9.17) is 0 Å². The molecule has 0 saturated carbocycles. The zero-order valence-corrected chi connectivity index (χ0v) is 15.3. The van der Waals surface area contributed by atoms with E-state index in [0.717, 1.165) is 55.1 Å². The molecule has 0 spiro atoms. The largest absolute Gasteiger partial charge is 0.416 e. The van der Waals surface area contributed by atoms with Gasteiger partial charge in [0.1, 0.15) is 5.82 Å². The molecule has 4 nitrogen and oxygen atoms in total. The van der Waals surface area contributed by atoms with Crippen molar-refractivity contribution in [2.45, 2.75) is 50.6 Å². The number of carbonyl (C=O) groups is 1. The van der Waals surface area contributed by atoms with Crippen LogP contribution in [0, 0.1) is 5.82 Å². The van der Waals surface area contributed by atoms with Crippen LogP contribution in [0.1, 0.15) is 64.5 Å². The van der Waals surface area contributed by atoms with Gasteiger partial charge in [-0.2, -0.15) is 18.3 Å². The van der Waals surface area contributed by atoms with Crippen LogP contribution in [-0.2, 0) is 19.0 Å². The zero-order chi connectivity index (χ0) is 19.9. The third-order valence-electron chi connectivity index (χ3n) is 5.80. The third kappa shape index (κ3) is 3.52. The van der Waals surface area contributed by atoms with Gasteiger partial charge in [0.15, 0.2) is 5.69 Å². The Hall–Kier alpha value is -2.38. The number of aryl methyl sites for hydroxylation is 1. The molecule has 2 aromatic rings. The van der Waals surface area contributed by atoms with Gasteiger partial charge in [0, 0.05) is 24.3 Å². The molecule has 1 aromatic heterocycles. The number of halogens is 4. The van der Waals surface area contributed by atoms with Gasteiger partial charge >= 0.3 is 6.18 Å². The SMILES string of the molecule is O=C(c1n[nH]c2c1CCCC2)N1CCC(c2cc(F)ccc2C(F)(F)F)CC1. The second kappa shape index (κ2) is 7.22. The van der Waals surface area contributed by atoms with Crippen molar-refractivity contribution >= 4 is 5.91 Å². The average molecular weight is 395 g/mol. The van der Waals surface area contributed by atoms with Gasteiger partial charge in [0.05, 0.1) is 5.56 Å². The van der Waals surface area contributed by atoms with E-state index in [1.54, 1.807) is 4.90 Å². The Morgan fingerprint density at radius 2 is 1.86 bits per heavy atom. The van der Waals surface area contributed by atoms with E-state index in [9.17, 15) is 22.4 Å². The maximum absolute atomic E-state index is 13.6. The number of nitrogens with one attached hydrogen (secondary N) is 1. The smallest absolute Gasteiger partial charge is 0.337 e. The lowest BCUT2D eigenvalue weighted by atomic mass is 9.86. The Morgan fingerprint density at radius 3 is 2.57 bits per heavy atom. The molecule has 28 heavy (non-hydrogen) atoms. The van der Waals surface area contributed by atoms with Gasteiger partial charge in [0.2, 0.25) is 0 Å². The van der Waals surface area contributed by atoms with Crippen molar-refractivity contribution in [3.05, 3.63) is 52.1 Å². The van der Waals surface area contributed by atoms with Crippen LogP contribution in [-0.4, -0.2) is 34.1 Å². The maximum atomic E-state index is 13.6. The summed E-state index contributed by atoms with van der Waals surface area (Å²) in [6, 6.07) is 2.62. The second-order valence-electron chi connectivity index (χ2n) is 7.53. The Labute approximate surface area is 159 Å². The molecule has 8 heteroatoms. The number of rotatable bonds is 2. The van der Waals surface area contributed by atoms with Crippen LogP contribution in [0.3, 0.4) is 0 Å². The van der Waals surface area contributed by atoms with Crippen LogP contribution < -0.4 is 0 Å². The van der Waals surface area contributed by atoms with Crippen molar-refractivity contribution in [1.82, 2.24) is 15.1 Å². The highest BCUT2D eigenvalue weighted by Gasteiger charge is 2.37. The fourth-order valence-corrected chi connectivity index (χ4v) is 4.33. The first-order valence-electron chi connectivity index (χ1n) is 9.56. The lowest BCUT2D eigenvalue weighted by Gasteiger charge is -2.33. The minimum atomic E-state index is -4.52. The molecular weight excluding hydrogens is 374 g/mol. The molecule has 1 amide bonds. The minimum Gasteiger partial charge on any atom is -0.337 e. The minimum absolute atomic E-state index is 0.0169. The quantitative estimate of drug-likeness (QED) is 0.763. The van der Waals surface area contributed by atoms with Crippen LogP contribution in [0.2, 0.25) is 0 Å². The number of hydrogen-bond donors (Lipinski definition) is 1. The first kappa shape index (κ1) is 19.0. The molecule has 1 saturated heterocycles. The van der Waals surface area contributed by atoms with Gasteiger partial charge in [-0.25, -0.2) is 4.39 Å². The topological polar surface area (TPSA) is 49.0 Å². The number of nitrogens with zero attached hydrogens (tertiary/aromatic N) is 2. The molecule has 2 aliphatic rings. The zero-order valence-electron chi connectivity index (χ0n) is 15.3. The Bertz CT molecular complexity index is 882. The first-order valence-corrected chi connectivity index (χ1v) is 9.56. The van der Waals surface area contributed by atoms with Crippen molar-refractivity contribution < 1.29 is 22.4 Å². The monoisotopic (exact) mass is 395 g/mol.